The van der Waals surface area contributed by atoms with Crippen LogP contribution in [-0.4, -0.2) is 22.9 Å². The van der Waals surface area contributed by atoms with Crippen LogP contribution in [0.2, 0.25) is 0 Å². The Morgan fingerprint density at radius 3 is 2.75 bits per heavy atom. The van der Waals surface area contributed by atoms with Crippen LogP contribution in [0.5, 0.6) is 5.75 Å². The molecule has 0 saturated heterocycles. The van der Waals surface area contributed by atoms with Crippen molar-refractivity contribution in [1.82, 2.24) is 5.32 Å². The van der Waals surface area contributed by atoms with Crippen molar-refractivity contribution >= 4 is 21.8 Å². The lowest BCUT2D eigenvalue weighted by molar-refractivity contribution is -0.129. The van der Waals surface area contributed by atoms with Gasteiger partial charge in [-0.25, -0.2) is 0 Å². The van der Waals surface area contributed by atoms with Gasteiger partial charge in [-0.3, -0.25) is 4.79 Å². The summed E-state index contributed by atoms with van der Waals surface area (Å²) in [5.41, 5.74) is 1.05. The molecule has 0 radical (unpaired) electrons. The molecule has 0 aromatic heterocycles. The average Bonchev–Trinajstić information content (AvgIpc) is 2.92. The largest absolute Gasteiger partial charge is 0.480 e. The van der Waals surface area contributed by atoms with E-state index in [0.717, 1.165) is 29.5 Å². The summed E-state index contributed by atoms with van der Waals surface area (Å²) in [6.07, 6.45) is 6.09. The van der Waals surface area contributed by atoms with Gasteiger partial charge in [-0.15, -0.1) is 0 Å². The monoisotopic (exact) mass is 337 g/mol. The summed E-state index contributed by atoms with van der Waals surface area (Å²) >= 11 is 3.58. The minimum Gasteiger partial charge on any atom is -0.480 e. The topological polar surface area (TPSA) is 38.3 Å². The van der Waals surface area contributed by atoms with Crippen LogP contribution in [-0.2, 0) is 11.2 Å². The van der Waals surface area contributed by atoms with E-state index in [4.69, 9.17) is 4.74 Å². The van der Waals surface area contributed by atoms with Crippen molar-refractivity contribution in [3.8, 4) is 5.75 Å². The number of rotatable bonds is 3. The number of alkyl halides is 1. The summed E-state index contributed by atoms with van der Waals surface area (Å²) < 4.78 is 5.77. The minimum atomic E-state index is -0.370. The molecule has 2 aliphatic rings. The van der Waals surface area contributed by atoms with E-state index in [-0.39, 0.29) is 17.6 Å². The molecule has 3 rings (SSSR count). The smallest absolute Gasteiger partial charge is 0.261 e. The van der Waals surface area contributed by atoms with Crippen molar-refractivity contribution < 1.29 is 9.53 Å². The Bertz CT molecular complexity index is 472. The van der Waals surface area contributed by atoms with Crippen molar-refractivity contribution in [3.63, 3.8) is 0 Å². The molecule has 0 bridgehead atoms. The highest BCUT2D eigenvalue weighted by molar-refractivity contribution is 9.09. The van der Waals surface area contributed by atoms with Crippen molar-refractivity contribution in [2.24, 2.45) is 0 Å². The van der Waals surface area contributed by atoms with Crippen LogP contribution in [0.4, 0.5) is 0 Å². The third-order valence-electron chi connectivity index (χ3n) is 4.39. The van der Waals surface area contributed by atoms with Crippen LogP contribution in [0.3, 0.4) is 0 Å². The molecule has 4 heteroatoms. The third kappa shape index (κ3) is 2.71. The van der Waals surface area contributed by atoms with Gasteiger partial charge in [-0.1, -0.05) is 53.4 Å². The fraction of sp³-hybridized carbons (Fsp3) is 0.562. The molecule has 1 fully saturated rings. The third-order valence-corrected chi connectivity index (χ3v) is 5.47. The van der Waals surface area contributed by atoms with Gasteiger partial charge in [0.2, 0.25) is 0 Å². The molecule has 1 aliphatic heterocycles. The number of hydrogen-bond acceptors (Lipinski definition) is 2. The highest BCUT2D eigenvalue weighted by Gasteiger charge is 2.37. The van der Waals surface area contributed by atoms with E-state index in [0.29, 0.717) is 6.42 Å². The molecule has 1 atom stereocenters. The number of fused-ring (bicyclic) bond motifs is 1. The second-order valence-electron chi connectivity index (χ2n) is 5.88. The molecule has 20 heavy (non-hydrogen) atoms. The molecule has 3 nitrogen and oxygen atoms in total. The van der Waals surface area contributed by atoms with Gasteiger partial charge in [0.25, 0.3) is 5.91 Å². The Balaban J connectivity index is 1.66. The number of benzene rings is 1. The fourth-order valence-electron chi connectivity index (χ4n) is 3.19. The molecule has 1 amide bonds. The first-order valence-electron chi connectivity index (χ1n) is 7.35. The van der Waals surface area contributed by atoms with Gasteiger partial charge < -0.3 is 10.1 Å². The van der Waals surface area contributed by atoms with Gasteiger partial charge in [0, 0.05) is 17.3 Å². The number of halogens is 1. The molecule has 1 unspecified atom stereocenters. The minimum absolute atomic E-state index is 0.0301. The molecule has 1 heterocycles. The summed E-state index contributed by atoms with van der Waals surface area (Å²) in [5, 5.41) is 4.07. The van der Waals surface area contributed by atoms with Crippen LogP contribution in [0.15, 0.2) is 24.3 Å². The molecule has 1 aliphatic carbocycles. The van der Waals surface area contributed by atoms with Crippen LogP contribution in [0, 0.1) is 0 Å². The first-order valence-corrected chi connectivity index (χ1v) is 8.47. The maximum atomic E-state index is 12.5. The Kier molecular flexibility index (Phi) is 4.01. The number of nitrogens with one attached hydrogen (secondary N) is 1. The van der Waals surface area contributed by atoms with Crippen LogP contribution < -0.4 is 10.1 Å². The van der Waals surface area contributed by atoms with Gasteiger partial charge in [0.05, 0.1) is 0 Å². The van der Waals surface area contributed by atoms with Crippen molar-refractivity contribution in [2.45, 2.75) is 50.2 Å². The van der Waals surface area contributed by atoms with Crippen molar-refractivity contribution in [1.29, 1.82) is 0 Å². The van der Waals surface area contributed by atoms with E-state index in [9.17, 15) is 4.79 Å². The average molecular weight is 338 g/mol. The normalized spacial score (nSPS) is 23.8. The van der Waals surface area contributed by atoms with E-state index < -0.39 is 0 Å². The van der Waals surface area contributed by atoms with Gasteiger partial charge in [-0.2, -0.15) is 0 Å². The molecular weight excluding hydrogens is 318 g/mol. The lowest BCUT2D eigenvalue weighted by Crippen LogP contribution is -2.54. The summed E-state index contributed by atoms with van der Waals surface area (Å²) in [7, 11) is 0. The number of carbonyl (C=O) groups excluding carboxylic acids is 1. The first kappa shape index (κ1) is 13.9. The van der Waals surface area contributed by atoms with Crippen LogP contribution in [0.25, 0.3) is 0 Å². The van der Waals surface area contributed by atoms with Gasteiger partial charge in [-0.05, 0) is 24.5 Å². The lowest BCUT2D eigenvalue weighted by atomic mass is 9.83. The highest BCUT2D eigenvalue weighted by Crippen LogP contribution is 2.32. The SMILES string of the molecule is O=C(NC1(CBr)CCCCC1)C1Cc2ccccc2O1. The van der Waals surface area contributed by atoms with Crippen LogP contribution >= 0.6 is 15.9 Å². The van der Waals surface area contributed by atoms with Gasteiger partial charge >= 0.3 is 0 Å². The molecule has 1 N–H and O–H groups in total. The molecule has 0 spiro atoms. The summed E-state index contributed by atoms with van der Waals surface area (Å²) in [6.45, 7) is 0. The molecular formula is C16H20BrNO2. The maximum absolute atomic E-state index is 12.5. The standard InChI is InChI=1S/C16H20BrNO2/c17-11-16(8-4-1-5-9-16)18-15(19)14-10-12-6-2-3-7-13(12)20-14/h2-3,6-7,14H,1,4-5,8-11H2,(H,18,19). The van der Waals surface area contributed by atoms with E-state index >= 15 is 0 Å². The second kappa shape index (κ2) is 5.76. The zero-order valence-electron chi connectivity index (χ0n) is 11.5. The summed E-state index contributed by atoms with van der Waals surface area (Å²) in [4.78, 5) is 12.5. The van der Waals surface area contributed by atoms with Gasteiger partial charge in [0.15, 0.2) is 6.10 Å². The number of amides is 1. The fourth-order valence-corrected chi connectivity index (χ4v) is 3.89. The molecule has 108 valence electrons. The zero-order chi connectivity index (χ0) is 14.0. The second-order valence-corrected chi connectivity index (χ2v) is 6.44. The Morgan fingerprint density at radius 1 is 1.30 bits per heavy atom. The summed E-state index contributed by atoms with van der Waals surface area (Å²) in [5.74, 6) is 0.881. The molecule has 1 aromatic rings. The van der Waals surface area contributed by atoms with Gasteiger partial charge in [0.1, 0.15) is 5.75 Å². The van der Waals surface area contributed by atoms with E-state index in [1.807, 2.05) is 24.3 Å². The predicted octanol–water partition coefficient (Wildman–Crippen LogP) is 3.20. The zero-order valence-corrected chi connectivity index (χ0v) is 13.1. The predicted molar refractivity (Wildman–Crippen MR) is 82.3 cm³/mol. The number of carbonyl (C=O) groups is 1. The highest BCUT2D eigenvalue weighted by atomic mass is 79.9. The van der Waals surface area contributed by atoms with Crippen molar-refractivity contribution in [3.05, 3.63) is 29.8 Å². The molecule has 1 aromatic carbocycles. The van der Waals surface area contributed by atoms with Crippen molar-refractivity contribution in [2.75, 3.05) is 5.33 Å². The number of ether oxygens (including phenoxy) is 1. The number of hydrogen-bond donors (Lipinski definition) is 1. The number of para-hydroxylation sites is 1. The van der Waals surface area contributed by atoms with E-state index in [1.165, 1.54) is 19.3 Å². The summed E-state index contributed by atoms with van der Waals surface area (Å²) in [6, 6.07) is 7.90. The Hall–Kier alpha value is -1.03. The Morgan fingerprint density at radius 2 is 2.05 bits per heavy atom. The first-order chi connectivity index (χ1) is 9.72. The quantitative estimate of drug-likeness (QED) is 0.860. The van der Waals surface area contributed by atoms with Crippen LogP contribution in [0.1, 0.15) is 37.7 Å². The maximum Gasteiger partial charge on any atom is 0.261 e. The molecule has 1 saturated carbocycles. The lowest BCUT2D eigenvalue weighted by Gasteiger charge is -2.37. The Labute approximate surface area is 128 Å². The van der Waals surface area contributed by atoms with E-state index in [2.05, 4.69) is 21.2 Å². The van der Waals surface area contributed by atoms with E-state index in [1.54, 1.807) is 0 Å².